The first-order valence-electron chi connectivity index (χ1n) is 10.5. The van der Waals surface area contributed by atoms with E-state index < -0.39 is 34.2 Å². The number of halogens is 4. The topological polar surface area (TPSA) is 66.9 Å². The maximum absolute atomic E-state index is 13.5. The Hall–Kier alpha value is -2.66. The van der Waals surface area contributed by atoms with Gasteiger partial charge in [0, 0.05) is 25.6 Å². The third-order valence-corrected chi connectivity index (χ3v) is 7.89. The van der Waals surface area contributed by atoms with Crippen LogP contribution in [0.15, 0.2) is 41.3 Å². The monoisotopic (exact) mass is 486 g/mol. The Labute approximate surface area is 188 Å². The first-order valence-corrected chi connectivity index (χ1v) is 12.0. The van der Waals surface area contributed by atoms with Gasteiger partial charge in [0.05, 0.1) is 10.6 Å². The molecule has 6 nitrogen and oxygen atoms in total. The van der Waals surface area contributed by atoms with Gasteiger partial charge in [0.25, 0.3) is 0 Å². The summed E-state index contributed by atoms with van der Waals surface area (Å²) in [5.41, 5.74) is 1.08. The van der Waals surface area contributed by atoms with Crippen molar-refractivity contribution in [3.8, 4) is 5.75 Å². The van der Waals surface area contributed by atoms with Gasteiger partial charge in [0.1, 0.15) is 5.75 Å². The van der Waals surface area contributed by atoms with E-state index in [0.717, 1.165) is 22.0 Å². The predicted molar refractivity (Wildman–Crippen MR) is 112 cm³/mol. The average molecular weight is 486 g/mol. The fraction of sp³-hybridized carbons (Fsp3) is 0.409. The van der Waals surface area contributed by atoms with Crippen molar-refractivity contribution in [2.75, 3.05) is 24.5 Å². The SMILES string of the molecule is O=C(C1CCN(S(=O)(=O)c2ccc(F)c(F)c2)CC1)N1CCCc2cccc(OC(F)F)c21. The summed E-state index contributed by atoms with van der Waals surface area (Å²) < 4.78 is 83.8. The lowest BCUT2D eigenvalue weighted by molar-refractivity contribution is -0.123. The number of hydrogen-bond donors (Lipinski definition) is 0. The van der Waals surface area contributed by atoms with Gasteiger partial charge in [-0.25, -0.2) is 17.2 Å². The highest BCUT2D eigenvalue weighted by molar-refractivity contribution is 7.89. The third kappa shape index (κ3) is 4.70. The maximum Gasteiger partial charge on any atom is 0.387 e. The summed E-state index contributed by atoms with van der Waals surface area (Å²) in [6.07, 6.45) is 1.72. The van der Waals surface area contributed by atoms with Crippen molar-refractivity contribution in [3.63, 3.8) is 0 Å². The zero-order valence-corrected chi connectivity index (χ0v) is 18.3. The number of carbonyl (C=O) groups excluding carboxylic acids is 1. The number of anilines is 1. The molecule has 2 aromatic carbocycles. The summed E-state index contributed by atoms with van der Waals surface area (Å²) in [6.45, 7) is -2.63. The van der Waals surface area contributed by atoms with Crippen molar-refractivity contribution in [1.82, 2.24) is 4.31 Å². The minimum atomic E-state index is -4.05. The molecule has 0 saturated carbocycles. The number of para-hydroxylation sites is 1. The van der Waals surface area contributed by atoms with Crippen LogP contribution in [0.2, 0.25) is 0 Å². The van der Waals surface area contributed by atoms with Crippen LogP contribution < -0.4 is 9.64 Å². The van der Waals surface area contributed by atoms with Crippen LogP contribution in [-0.4, -0.2) is 44.9 Å². The fourth-order valence-electron chi connectivity index (χ4n) is 4.38. The van der Waals surface area contributed by atoms with Gasteiger partial charge in [-0.3, -0.25) is 4.79 Å². The van der Waals surface area contributed by atoms with Gasteiger partial charge in [0.15, 0.2) is 11.6 Å². The number of ether oxygens (including phenoxy) is 1. The van der Waals surface area contributed by atoms with Crippen LogP contribution in [0.5, 0.6) is 5.75 Å². The number of benzene rings is 2. The lowest BCUT2D eigenvalue weighted by Gasteiger charge is -2.36. The number of sulfonamides is 1. The highest BCUT2D eigenvalue weighted by atomic mass is 32.2. The average Bonchev–Trinajstić information content (AvgIpc) is 2.80. The lowest BCUT2D eigenvalue weighted by Crippen LogP contribution is -2.46. The van der Waals surface area contributed by atoms with E-state index >= 15 is 0 Å². The molecule has 0 aromatic heterocycles. The van der Waals surface area contributed by atoms with Crippen molar-refractivity contribution < 1.29 is 35.5 Å². The van der Waals surface area contributed by atoms with Crippen molar-refractivity contribution in [1.29, 1.82) is 0 Å². The first kappa shape index (κ1) is 23.5. The number of carbonyl (C=O) groups is 1. The molecule has 2 aliphatic heterocycles. The number of piperidine rings is 1. The molecule has 0 bridgehead atoms. The molecule has 0 radical (unpaired) electrons. The van der Waals surface area contributed by atoms with E-state index in [1.807, 2.05) is 0 Å². The second-order valence-corrected chi connectivity index (χ2v) is 9.93. The second kappa shape index (κ2) is 9.30. The van der Waals surface area contributed by atoms with Gasteiger partial charge in [-0.1, -0.05) is 12.1 Å². The Morgan fingerprint density at radius 1 is 1.03 bits per heavy atom. The first-order chi connectivity index (χ1) is 15.7. The Bertz CT molecular complexity index is 1150. The minimum Gasteiger partial charge on any atom is -0.433 e. The van der Waals surface area contributed by atoms with Crippen molar-refractivity contribution in [3.05, 3.63) is 53.6 Å². The smallest absolute Gasteiger partial charge is 0.387 e. The van der Waals surface area contributed by atoms with E-state index in [0.29, 0.717) is 31.1 Å². The summed E-state index contributed by atoms with van der Waals surface area (Å²) in [7, 11) is -4.05. The summed E-state index contributed by atoms with van der Waals surface area (Å²) in [4.78, 5) is 14.4. The number of hydrogen-bond acceptors (Lipinski definition) is 4. The number of nitrogens with zero attached hydrogens (tertiary/aromatic N) is 2. The van der Waals surface area contributed by atoms with E-state index in [-0.39, 0.29) is 42.5 Å². The van der Waals surface area contributed by atoms with Gasteiger partial charge in [-0.2, -0.15) is 13.1 Å². The minimum absolute atomic E-state index is 0.0214. The summed E-state index contributed by atoms with van der Waals surface area (Å²) in [5.74, 6) is -3.24. The maximum atomic E-state index is 13.5. The molecule has 1 amide bonds. The molecular formula is C22H22F4N2O4S. The molecule has 178 valence electrons. The summed E-state index contributed by atoms with van der Waals surface area (Å²) >= 11 is 0. The van der Waals surface area contributed by atoms with E-state index in [2.05, 4.69) is 4.74 Å². The molecule has 11 heteroatoms. The molecule has 4 rings (SSSR count). The molecule has 33 heavy (non-hydrogen) atoms. The molecule has 0 unspecified atom stereocenters. The molecule has 0 N–H and O–H groups in total. The van der Waals surface area contributed by atoms with Crippen LogP contribution in [0.3, 0.4) is 0 Å². The van der Waals surface area contributed by atoms with Crippen LogP contribution in [0, 0.1) is 17.6 Å². The number of alkyl halides is 2. The highest BCUT2D eigenvalue weighted by Crippen LogP contribution is 2.39. The third-order valence-electron chi connectivity index (χ3n) is 5.99. The van der Waals surface area contributed by atoms with Crippen molar-refractivity contribution in [2.45, 2.75) is 37.2 Å². The van der Waals surface area contributed by atoms with Gasteiger partial charge in [-0.15, -0.1) is 0 Å². The Morgan fingerprint density at radius 2 is 1.76 bits per heavy atom. The Balaban J connectivity index is 1.49. The molecule has 0 spiro atoms. The molecule has 2 heterocycles. The van der Waals surface area contributed by atoms with Crippen LogP contribution in [0.1, 0.15) is 24.8 Å². The van der Waals surface area contributed by atoms with Gasteiger partial charge < -0.3 is 9.64 Å². The molecule has 0 aliphatic carbocycles. The number of aryl methyl sites for hydroxylation is 1. The molecule has 2 aliphatic rings. The fourth-order valence-corrected chi connectivity index (χ4v) is 5.86. The molecule has 0 atom stereocenters. The molecule has 1 fully saturated rings. The van der Waals surface area contributed by atoms with Crippen molar-refractivity contribution >= 4 is 21.6 Å². The molecule has 1 saturated heterocycles. The highest BCUT2D eigenvalue weighted by Gasteiger charge is 2.36. The largest absolute Gasteiger partial charge is 0.433 e. The van der Waals surface area contributed by atoms with E-state index in [1.54, 1.807) is 12.1 Å². The van der Waals surface area contributed by atoms with Crippen LogP contribution in [-0.2, 0) is 21.2 Å². The lowest BCUT2D eigenvalue weighted by atomic mass is 9.93. The predicted octanol–water partition coefficient (Wildman–Crippen LogP) is 3.95. The number of rotatable bonds is 5. The van der Waals surface area contributed by atoms with Crippen molar-refractivity contribution in [2.24, 2.45) is 5.92 Å². The summed E-state index contributed by atoms with van der Waals surface area (Å²) in [5, 5.41) is 0. The van der Waals surface area contributed by atoms with Gasteiger partial charge in [-0.05, 0) is 55.5 Å². The Kier molecular flexibility index (Phi) is 6.62. The van der Waals surface area contributed by atoms with E-state index in [4.69, 9.17) is 0 Å². The van der Waals surface area contributed by atoms with Crippen LogP contribution in [0.4, 0.5) is 23.2 Å². The number of amides is 1. The quantitative estimate of drug-likeness (QED) is 0.601. The van der Waals surface area contributed by atoms with Crippen LogP contribution >= 0.6 is 0 Å². The van der Waals surface area contributed by atoms with Gasteiger partial charge >= 0.3 is 6.61 Å². The Morgan fingerprint density at radius 3 is 2.42 bits per heavy atom. The second-order valence-electron chi connectivity index (χ2n) is 7.99. The summed E-state index contributed by atoms with van der Waals surface area (Å²) in [6, 6.07) is 7.16. The zero-order chi connectivity index (χ0) is 23.8. The van der Waals surface area contributed by atoms with E-state index in [1.165, 1.54) is 11.0 Å². The standard InChI is InChI=1S/C22H22F4N2O4S/c23-17-7-6-16(13-18(17)24)33(30,31)27-11-8-15(9-12-27)21(29)28-10-2-4-14-3-1-5-19(20(14)28)32-22(25)26/h1,3,5-7,13,15,22H,2,4,8-12H2. The molecule has 2 aromatic rings. The van der Waals surface area contributed by atoms with Crippen LogP contribution in [0.25, 0.3) is 0 Å². The normalized spacial score (nSPS) is 17.8. The zero-order valence-electron chi connectivity index (χ0n) is 17.5. The number of fused-ring (bicyclic) bond motifs is 1. The van der Waals surface area contributed by atoms with Gasteiger partial charge in [0.2, 0.25) is 15.9 Å². The molecular weight excluding hydrogens is 464 g/mol. The van der Waals surface area contributed by atoms with E-state index in [9.17, 15) is 30.8 Å².